The number of nitrogens with two attached hydrogens (primary N) is 1. The summed E-state index contributed by atoms with van der Waals surface area (Å²) in [5, 5.41) is 16.3. The van der Waals surface area contributed by atoms with Gasteiger partial charge in [0.25, 0.3) is 5.69 Å². The Kier molecular flexibility index (Phi) is 7.31. The zero-order valence-corrected chi connectivity index (χ0v) is 18.3. The number of nitrogens with zero attached hydrogens (tertiary/aromatic N) is 1. The number of rotatable bonds is 6. The third kappa shape index (κ3) is 5.89. The highest BCUT2D eigenvalue weighted by atomic mass is 32.1. The van der Waals surface area contributed by atoms with Gasteiger partial charge in [-0.3, -0.25) is 20.2 Å². The molecule has 0 aromatic heterocycles. The molecule has 33 heavy (non-hydrogen) atoms. The zero-order chi connectivity index (χ0) is 24.0. The molecule has 0 radical (unpaired) electrons. The molecule has 4 N–H and O–H groups in total. The number of nitrogen functional groups attached to an aromatic ring is 1. The van der Waals surface area contributed by atoms with E-state index in [0.717, 1.165) is 0 Å². The van der Waals surface area contributed by atoms with Gasteiger partial charge in [-0.1, -0.05) is 36.4 Å². The quantitative estimate of drug-likeness (QED) is 0.163. The van der Waals surface area contributed by atoms with Crippen LogP contribution < -0.4 is 16.4 Å². The second-order valence-corrected chi connectivity index (χ2v) is 7.37. The maximum Gasteiger partial charge on any atom is 0.413 e. The van der Waals surface area contributed by atoms with E-state index in [1.165, 1.54) is 19.2 Å². The van der Waals surface area contributed by atoms with Crippen LogP contribution in [0.2, 0.25) is 0 Å². The van der Waals surface area contributed by atoms with Crippen molar-refractivity contribution in [1.29, 1.82) is 0 Å². The molecule has 168 valence electrons. The van der Waals surface area contributed by atoms with Crippen molar-refractivity contribution in [2.45, 2.75) is 6.42 Å². The van der Waals surface area contributed by atoms with E-state index in [1.54, 1.807) is 48.5 Å². The Balaban J connectivity index is 1.97. The first-order valence-electron chi connectivity index (χ1n) is 9.70. The predicted octanol–water partition coefficient (Wildman–Crippen LogP) is 4.05. The maximum atomic E-state index is 13.2. The van der Waals surface area contributed by atoms with Crippen LogP contribution in [-0.4, -0.2) is 29.0 Å². The molecular formula is C23H20N4O5S. The Labute approximate surface area is 194 Å². The lowest BCUT2D eigenvalue weighted by Crippen LogP contribution is -2.33. The van der Waals surface area contributed by atoms with Crippen LogP contribution in [0.3, 0.4) is 0 Å². The summed E-state index contributed by atoms with van der Waals surface area (Å²) < 4.78 is 4.52. The minimum absolute atomic E-state index is 0.0227. The van der Waals surface area contributed by atoms with Crippen LogP contribution in [0, 0.1) is 10.1 Å². The number of alkyl carbamates (subject to hydrolysis) is 1. The van der Waals surface area contributed by atoms with Gasteiger partial charge in [-0.2, -0.15) is 0 Å². The standard InChI is InChI=1S/C23H20N4O5S/c1-32-23(29)26-22(33)25-17-8-9-18(21(28)15-5-3-2-4-6-15)16(13-17)11-14-7-10-20(27(30)31)19(24)12-14/h2-10,12-13H,11,24H2,1H3,(H2,25,26,29,33). The number of ether oxygens (including phenoxy) is 1. The first-order valence-corrected chi connectivity index (χ1v) is 10.1. The molecule has 9 nitrogen and oxygen atoms in total. The van der Waals surface area contributed by atoms with Crippen LogP contribution in [0.5, 0.6) is 0 Å². The summed E-state index contributed by atoms with van der Waals surface area (Å²) in [7, 11) is 1.22. The number of methoxy groups -OCH3 is 1. The molecule has 0 atom stereocenters. The molecule has 0 heterocycles. The SMILES string of the molecule is COC(=O)NC(=S)Nc1ccc(C(=O)c2ccccc2)c(Cc2ccc([N+](=O)[O-])c(N)c2)c1. The van der Waals surface area contributed by atoms with Crippen LogP contribution in [-0.2, 0) is 11.2 Å². The molecule has 0 saturated heterocycles. The van der Waals surface area contributed by atoms with Crippen molar-refractivity contribution in [3.8, 4) is 0 Å². The minimum Gasteiger partial charge on any atom is -0.453 e. The van der Waals surface area contributed by atoms with Crippen molar-refractivity contribution < 1.29 is 19.2 Å². The molecule has 0 spiro atoms. The molecule has 0 aliphatic carbocycles. The monoisotopic (exact) mass is 464 g/mol. The van der Waals surface area contributed by atoms with Crippen LogP contribution in [0.25, 0.3) is 0 Å². The Hall–Kier alpha value is -4.31. The van der Waals surface area contributed by atoms with Crippen LogP contribution >= 0.6 is 12.2 Å². The summed E-state index contributed by atoms with van der Waals surface area (Å²) in [6.07, 6.45) is -0.437. The Morgan fingerprint density at radius 3 is 2.45 bits per heavy atom. The van der Waals surface area contributed by atoms with Crippen molar-refractivity contribution in [2.24, 2.45) is 0 Å². The van der Waals surface area contributed by atoms with E-state index in [2.05, 4.69) is 15.4 Å². The van der Waals surface area contributed by atoms with Gasteiger partial charge >= 0.3 is 6.09 Å². The van der Waals surface area contributed by atoms with Gasteiger partial charge in [-0.05, 0) is 54.0 Å². The molecule has 1 amide bonds. The fourth-order valence-electron chi connectivity index (χ4n) is 3.19. The van der Waals surface area contributed by atoms with Gasteiger partial charge in [0.05, 0.1) is 12.0 Å². The molecule has 0 unspecified atom stereocenters. The summed E-state index contributed by atoms with van der Waals surface area (Å²) >= 11 is 5.10. The fraction of sp³-hybridized carbons (Fsp3) is 0.0870. The number of nitrogens with one attached hydrogen (secondary N) is 2. The van der Waals surface area contributed by atoms with Crippen LogP contribution in [0.15, 0.2) is 66.7 Å². The molecule has 10 heteroatoms. The normalized spacial score (nSPS) is 10.2. The van der Waals surface area contributed by atoms with Gasteiger partial charge in [0.2, 0.25) is 0 Å². The number of nitro groups is 1. The highest BCUT2D eigenvalue weighted by molar-refractivity contribution is 7.80. The molecule has 3 rings (SSSR count). The zero-order valence-electron chi connectivity index (χ0n) is 17.5. The summed E-state index contributed by atoms with van der Waals surface area (Å²) in [4.78, 5) is 35.0. The largest absolute Gasteiger partial charge is 0.453 e. The van der Waals surface area contributed by atoms with Gasteiger partial charge in [0.1, 0.15) is 5.69 Å². The molecule has 3 aromatic rings. The Morgan fingerprint density at radius 2 is 1.82 bits per heavy atom. The third-order valence-corrected chi connectivity index (χ3v) is 4.93. The Bertz CT molecular complexity index is 1230. The molecule has 0 bridgehead atoms. The minimum atomic E-state index is -0.718. The van der Waals surface area contributed by atoms with Gasteiger partial charge in [0.15, 0.2) is 10.9 Å². The Morgan fingerprint density at radius 1 is 1.09 bits per heavy atom. The average molecular weight is 465 g/mol. The van der Waals surface area contributed by atoms with Crippen LogP contribution in [0.4, 0.5) is 21.9 Å². The highest BCUT2D eigenvalue weighted by Gasteiger charge is 2.17. The number of hydrogen-bond donors (Lipinski definition) is 3. The number of ketones is 1. The molecular weight excluding hydrogens is 444 g/mol. The van der Waals surface area contributed by atoms with E-state index in [4.69, 9.17) is 18.0 Å². The van der Waals surface area contributed by atoms with E-state index in [0.29, 0.717) is 27.9 Å². The molecule has 0 saturated carbocycles. The highest BCUT2D eigenvalue weighted by Crippen LogP contribution is 2.26. The topological polar surface area (TPSA) is 137 Å². The average Bonchev–Trinajstić information content (AvgIpc) is 2.79. The number of thiocarbonyl (C=S) groups is 1. The number of hydrogen-bond acceptors (Lipinski definition) is 7. The van der Waals surface area contributed by atoms with E-state index in [-0.39, 0.29) is 28.7 Å². The number of nitro benzene ring substituents is 1. The summed E-state index contributed by atoms with van der Waals surface area (Å²) in [6, 6.07) is 18.3. The number of amides is 1. The van der Waals surface area contributed by atoms with E-state index in [9.17, 15) is 19.7 Å². The number of carbonyl (C=O) groups excluding carboxylic acids is 2. The van der Waals surface area contributed by atoms with Crippen molar-refractivity contribution in [3.63, 3.8) is 0 Å². The molecule has 3 aromatic carbocycles. The smallest absolute Gasteiger partial charge is 0.413 e. The molecule has 0 aliphatic rings. The van der Waals surface area contributed by atoms with E-state index in [1.807, 2.05) is 6.07 Å². The number of anilines is 2. The van der Waals surface area contributed by atoms with Crippen LogP contribution in [0.1, 0.15) is 27.0 Å². The number of benzene rings is 3. The second kappa shape index (κ2) is 10.3. The first kappa shape index (κ1) is 23.4. The lowest BCUT2D eigenvalue weighted by molar-refractivity contribution is -0.383. The third-order valence-electron chi connectivity index (χ3n) is 4.73. The summed E-state index contributed by atoms with van der Waals surface area (Å²) in [5.41, 5.74) is 8.51. The van der Waals surface area contributed by atoms with Crippen molar-refractivity contribution in [1.82, 2.24) is 5.32 Å². The summed E-state index contributed by atoms with van der Waals surface area (Å²) in [6.45, 7) is 0. The molecule has 0 fully saturated rings. The van der Waals surface area contributed by atoms with Crippen molar-refractivity contribution in [3.05, 3.63) is 99.1 Å². The van der Waals surface area contributed by atoms with Gasteiger partial charge in [0, 0.05) is 22.9 Å². The lowest BCUT2D eigenvalue weighted by Gasteiger charge is -2.14. The molecule has 0 aliphatic heterocycles. The van der Waals surface area contributed by atoms with Gasteiger partial charge in [-0.15, -0.1) is 0 Å². The number of carbonyl (C=O) groups is 2. The van der Waals surface area contributed by atoms with Gasteiger partial charge in [-0.25, -0.2) is 4.79 Å². The predicted molar refractivity (Wildman–Crippen MR) is 128 cm³/mol. The van der Waals surface area contributed by atoms with Gasteiger partial charge < -0.3 is 15.8 Å². The lowest BCUT2D eigenvalue weighted by atomic mass is 9.93. The van der Waals surface area contributed by atoms with E-state index < -0.39 is 11.0 Å². The van der Waals surface area contributed by atoms with Crippen molar-refractivity contribution in [2.75, 3.05) is 18.2 Å². The van der Waals surface area contributed by atoms with E-state index >= 15 is 0 Å². The first-order chi connectivity index (χ1) is 15.8. The second-order valence-electron chi connectivity index (χ2n) is 6.96. The van der Waals surface area contributed by atoms with Crippen molar-refractivity contribution >= 4 is 46.3 Å². The summed E-state index contributed by atoms with van der Waals surface area (Å²) in [5.74, 6) is -0.178. The fourth-order valence-corrected chi connectivity index (χ4v) is 3.39. The maximum absolute atomic E-state index is 13.2.